The molecule has 0 amide bonds. The predicted molar refractivity (Wildman–Crippen MR) is 140 cm³/mol. The predicted octanol–water partition coefficient (Wildman–Crippen LogP) is 6.61. The standard InChI is InChI=1S/C28H25FN4OS/c1-4-19-10-14-23(15-11-19)33-18(3)24(25(30-28(33)35)20-12-8-17(2)9-13-20)27-31-26(32-34-27)21-6-5-7-22(29)16-21/h5-16,25H,4H2,1-3H3,(H,30,35). The number of nitrogens with zero attached hydrogens (tertiary/aromatic N) is 3. The number of nitrogens with one attached hydrogen (secondary N) is 1. The first kappa shape index (κ1) is 22.9. The van der Waals surface area contributed by atoms with E-state index in [9.17, 15) is 4.39 Å². The number of hydrogen-bond acceptors (Lipinski definition) is 4. The van der Waals surface area contributed by atoms with Crippen LogP contribution in [-0.4, -0.2) is 15.3 Å². The monoisotopic (exact) mass is 484 g/mol. The third-order valence-electron chi connectivity index (χ3n) is 6.24. The van der Waals surface area contributed by atoms with Gasteiger partial charge in [0.15, 0.2) is 5.11 Å². The smallest absolute Gasteiger partial charge is 0.258 e. The van der Waals surface area contributed by atoms with Crippen LogP contribution in [0.4, 0.5) is 10.1 Å². The van der Waals surface area contributed by atoms with E-state index in [0.29, 0.717) is 22.4 Å². The summed E-state index contributed by atoms with van der Waals surface area (Å²) in [4.78, 5) is 6.64. The van der Waals surface area contributed by atoms with Crippen LogP contribution in [0, 0.1) is 12.7 Å². The Morgan fingerprint density at radius 3 is 2.46 bits per heavy atom. The van der Waals surface area contributed by atoms with E-state index < -0.39 is 0 Å². The van der Waals surface area contributed by atoms with E-state index in [-0.39, 0.29) is 11.9 Å². The molecule has 5 nitrogen and oxygen atoms in total. The summed E-state index contributed by atoms with van der Waals surface area (Å²) < 4.78 is 19.6. The molecule has 1 unspecified atom stereocenters. The highest BCUT2D eigenvalue weighted by atomic mass is 32.1. The number of aryl methyl sites for hydroxylation is 2. The van der Waals surface area contributed by atoms with Gasteiger partial charge < -0.3 is 9.84 Å². The number of anilines is 1. The van der Waals surface area contributed by atoms with E-state index in [2.05, 4.69) is 77.8 Å². The Labute approximate surface area is 209 Å². The second kappa shape index (κ2) is 9.43. The zero-order valence-electron chi connectivity index (χ0n) is 19.7. The van der Waals surface area contributed by atoms with Crippen molar-refractivity contribution in [2.24, 2.45) is 0 Å². The molecule has 2 heterocycles. The number of allylic oxidation sites excluding steroid dienone is 1. The fourth-order valence-electron chi connectivity index (χ4n) is 4.30. The molecule has 1 aliphatic rings. The Bertz CT molecular complexity index is 1410. The van der Waals surface area contributed by atoms with Crippen molar-refractivity contribution in [3.05, 3.63) is 107 Å². The molecule has 176 valence electrons. The maximum Gasteiger partial charge on any atom is 0.258 e. The second-order valence-corrected chi connectivity index (χ2v) is 8.97. The summed E-state index contributed by atoms with van der Waals surface area (Å²) >= 11 is 5.82. The maximum absolute atomic E-state index is 13.8. The van der Waals surface area contributed by atoms with Crippen molar-refractivity contribution in [3.63, 3.8) is 0 Å². The van der Waals surface area contributed by atoms with Crippen LogP contribution in [0.3, 0.4) is 0 Å². The first-order valence-electron chi connectivity index (χ1n) is 11.5. The molecule has 4 aromatic rings. The molecule has 1 aromatic heterocycles. The Morgan fingerprint density at radius 1 is 1.03 bits per heavy atom. The third-order valence-corrected chi connectivity index (χ3v) is 6.54. The van der Waals surface area contributed by atoms with E-state index in [1.807, 2.05) is 11.8 Å². The number of halogens is 1. The van der Waals surface area contributed by atoms with Crippen LogP contribution in [0.5, 0.6) is 0 Å². The fraction of sp³-hybridized carbons (Fsp3) is 0.179. The van der Waals surface area contributed by atoms with Crippen molar-refractivity contribution in [1.82, 2.24) is 15.5 Å². The summed E-state index contributed by atoms with van der Waals surface area (Å²) in [5.41, 5.74) is 6.64. The molecule has 1 atom stereocenters. The molecule has 3 aromatic carbocycles. The minimum absolute atomic E-state index is 0.282. The van der Waals surface area contributed by atoms with E-state index in [4.69, 9.17) is 16.7 Å². The lowest BCUT2D eigenvalue weighted by molar-refractivity contribution is 0.404. The molecule has 0 bridgehead atoms. The summed E-state index contributed by atoms with van der Waals surface area (Å²) in [5.74, 6) is 0.333. The number of hydrogen-bond donors (Lipinski definition) is 1. The molecule has 0 saturated carbocycles. The van der Waals surface area contributed by atoms with Gasteiger partial charge in [0.25, 0.3) is 5.89 Å². The van der Waals surface area contributed by atoms with Crippen LogP contribution < -0.4 is 10.2 Å². The normalized spacial score (nSPS) is 15.9. The molecule has 0 radical (unpaired) electrons. The lowest BCUT2D eigenvalue weighted by Crippen LogP contribution is -2.46. The van der Waals surface area contributed by atoms with Crippen LogP contribution in [-0.2, 0) is 6.42 Å². The topological polar surface area (TPSA) is 54.2 Å². The summed E-state index contributed by atoms with van der Waals surface area (Å²) in [6.07, 6.45) is 0.962. The molecule has 0 spiro atoms. The minimum Gasteiger partial charge on any atom is -0.351 e. The zero-order valence-corrected chi connectivity index (χ0v) is 20.6. The summed E-state index contributed by atoms with van der Waals surface area (Å²) in [5, 5.41) is 8.22. The molecule has 1 aliphatic heterocycles. The van der Waals surface area contributed by atoms with Crippen molar-refractivity contribution in [3.8, 4) is 11.4 Å². The van der Waals surface area contributed by atoms with Crippen LogP contribution >= 0.6 is 12.2 Å². The highest BCUT2D eigenvalue weighted by Gasteiger charge is 2.34. The molecule has 0 fully saturated rings. The Morgan fingerprint density at radius 2 is 1.77 bits per heavy atom. The molecular formula is C28H25FN4OS. The summed E-state index contributed by atoms with van der Waals surface area (Å²) in [6.45, 7) is 6.18. The lowest BCUT2D eigenvalue weighted by atomic mass is 9.94. The number of benzene rings is 3. The van der Waals surface area contributed by atoms with Gasteiger partial charge in [0.05, 0.1) is 11.6 Å². The largest absolute Gasteiger partial charge is 0.351 e. The van der Waals surface area contributed by atoms with Crippen molar-refractivity contribution in [2.75, 3.05) is 4.90 Å². The summed E-state index contributed by atoms with van der Waals surface area (Å²) in [6, 6.07) is 22.5. The molecule has 7 heteroatoms. The highest BCUT2D eigenvalue weighted by molar-refractivity contribution is 7.80. The van der Waals surface area contributed by atoms with Gasteiger partial charge in [-0.3, -0.25) is 4.90 Å². The van der Waals surface area contributed by atoms with Gasteiger partial charge in [0.1, 0.15) is 5.82 Å². The minimum atomic E-state index is -0.354. The molecule has 5 rings (SSSR count). The third kappa shape index (κ3) is 4.47. The van der Waals surface area contributed by atoms with E-state index in [1.54, 1.807) is 12.1 Å². The van der Waals surface area contributed by atoms with Gasteiger partial charge in [0, 0.05) is 16.9 Å². The fourth-order valence-corrected chi connectivity index (χ4v) is 4.66. The van der Waals surface area contributed by atoms with Gasteiger partial charge in [-0.05, 0) is 67.9 Å². The molecular weight excluding hydrogens is 459 g/mol. The Kier molecular flexibility index (Phi) is 6.17. The van der Waals surface area contributed by atoms with Gasteiger partial charge in [0.2, 0.25) is 5.82 Å². The van der Waals surface area contributed by atoms with Gasteiger partial charge in [-0.1, -0.05) is 66.2 Å². The first-order valence-corrected chi connectivity index (χ1v) is 11.9. The molecule has 1 N–H and O–H groups in total. The van der Waals surface area contributed by atoms with Crippen LogP contribution in [0.25, 0.3) is 17.0 Å². The van der Waals surface area contributed by atoms with Crippen LogP contribution in [0.2, 0.25) is 0 Å². The number of aromatic nitrogens is 2. The number of thiocarbonyl (C=S) groups is 1. The lowest BCUT2D eigenvalue weighted by Gasteiger charge is -2.37. The van der Waals surface area contributed by atoms with Crippen molar-refractivity contribution >= 4 is 28.6 Å². The maximum atomic E-state index is 13.8. The SMILES string of the molecule is CCc1ccc(N2C(=S)NC(c3ccc(C)cc3)C(c3nc(-c4cccc(F)c4)no3)=C2C)cc1. The van der Waals surface area contributed by atoms with Gasteiger partial charge >= 0.3 is 0 Å². The second-order valence-electron chi connectivity index (χ2n) is 8.58. The van der Waals surface area contributed by atoms with E-state index in [1.165, 1.54) is 23.3 Å². The zero-order chi connectivity index (χ0) is 24.5. The highest BCUT2D eigenvalue weighted by Crippen LogP contribution is 2.39. The van der Waals surface area contributed by atoms with E-state index >= 15 is 0 Å². The Balaban J connectivity index is 1.64. The van der Waals surface area contributed by atoms with Crippen molar-refractivity contribution in [2.45, 2.75) is 33.2 Å². The average Bonchev–Trinajstić information content (AvgIpc) is 3.34. The summed E-state index contributed by atoms with van der Waals surface area (Å²) in [7, 11) is 0. The van der Waals surface area contributed by atoms with Gasteiger partial charge in [-0.2, -0.15) is 4.98 Å². The molecule has 0 aliphatic carbocycles. The average molecular weight is 485 g/mol. The van der Waals surface area contributed by atoms with Crippen molar-refractivity contribution < 1.29 is 8.91 Å². The first-order chi connectivity index (χ1) is 16.9. The van der Waals surface area contributed by atoms with Gasteiger partial charge in [-0.15, -0.1) is 0 Å². The van der Waals surface area contributed by atoms with Crippen LogP contribution in [0.1, 0.15) is 42.5 Å². The number of rotatable bonds is 5. The van der Waals surface area contributed by atoms with Crippen molar-refractivity contribution in [1.29, 1.82) is 0 Å². The van der Waals surface area contributed by atoms with Gasteiger partial charge in [-0.25, -0.2) is 4.39 Å². The van der Waals surface area contributed by atoms with Crippen LogP contribution in [0.15, 0.2) is 83.0 Å². The van der Waals surface area contributed by atoms with E-state index in [0.717, 1.165) is 28.9 Å². The Hall–Kier alpha value is -3.84. The molecule has 35 heavy (non-hydrogen) atoms. The quantitative estimate of drug-likeness (QED) is 0.322. The molecule has 0 saturated heterocycles.